The van der Waals surface area contributed by atoms with Crippen molar-refractivity contribution < 1.29 is 9.47 Å². The summed E-state index contributed by atoms with van der Waals surface area (Å²) in [6, 6.07) is 11.7. The third-order valence-corrected chi connectivity index (χ3v) is 5.52. The Morgan fingerprint density at radius 2 is 1.72 bits per heavy atom. The number of H-pyrrole nitrogens is 1. The Kier molecular flexibility index (Phi) is 6.69. The van der Waals surface area contributed by atoms with Gasteiger partial charge in [0.15, 0.2) is 5.82 Å². The summed E-state index contributed by atoms with van der Waals surface area (Å²) in [5, 5.41) is 22.4. The minimum absolute atomic E-state index is 0.126. The second-order valence-corrected chi connectivity index (χ2v) is 9.52. The minimum atomic E-state index is 0.126. The number of nitrogens with zero attached hydrogens (tertiary/aromatic N) is 6. The SMILES string of the molecule is CC(C)(C)Cn1nnc2c(Br)c(OCCCCOc3ccc(-c4nnn[nH]4)cc3)ccc21. The van der Waals surface area contributed by atoms with E-state index in [2.05, 4.69) is 67.6 Å². The first kappa shape index (κ1) is 22.2. The molecule has 1 N–H and O–H groups in total. The van der Waals surface area contributed by atoms with Crippen LogP contribution < -0.4 is 9.47 Å². The average Bonchev–Trinajstić information content (AvgIpc) is 3.42. The van der Waals surface area contributed by atoms with Gasteiger partial charge in [-0.05, 0) is 81.0 Å². The second-order valence-electron chi connectivity index (χ2n) is 8.73. The second kappa shape index (κ2) is 9.64. The van der Waals surface area contributed by atoms with Crippen LogP contribution in [0.3, 0.4) is 0 Å². The molecular formula is C22H26BrN7O2. The van der Waals surface area contributed by atoms with Gasteiger partial charge >= 0.3 is 0 Å². The number of aromatic amines is 1. The van der Waals surface area contributed by atoms with E-state index in [1.807, 2.05) is 41.1 Å². The van der Waals surface area contributed by atoms with Gasteiger partial charge in [0, 0.05) is 12.1 Å². The van der Waals surface area contributed by atoms with E-state index in [0.717, 1.165) is 52.0 Å². The van der Waals surface area contributed by atoms with Gasteiger partial charge in [0.1, 0.15) is 17.0 Å². The highest BCUT2D eigenvalue weighted by molar-refractivity contribution is 9.10. The molecule has 0 fully saturated rings. The van der Waals surface area contributed by atoms with Gasteiger partial charge in [0.05, 0.1) is 23.2 Å². The maximum absolute atomic E-state index is 5.96. The zero-order valence-corrected chi connectivity index (χ0v) is 20.0. The lowest BCUT2D eigenvalue weighted by Crippen LogP contribution is -2.16. The van der Waals surface area contributed by atoms with Crippen LogP contribution in [0.4, 0.5) is 0 Å². The van der Waals surface area contributed by atoms with E-state index in [9.17, 15) is 0 Å². The summed E-state index contributed by atoms with van der Waals surface area (Å²) in [4.78, 5) is 0. The van der Waals surface area contributed by atoms with Crippen molar-refractivity contribution in [3.63, 3.8) is 0 Å². The van der Waals surface area contributed by atoms with Crippen molar-refractivity contribution in [2.24, 2.45) is 5.41 Å². The van der Waals surface area contributed by atoms with Crippen LogP contribution in [0.2, 0.25) is 0 Å². The molecule has 4 rings (SSSR count). The van der Waals surface area contributed by atoms with E-state index in [1.54, 1.807) is 0 Å². The van der Waals surface area contributed by atoms with E-state index in [-0.39, 0.29) is 5.41 Å². The van der Waals surface area contributed by atoms with Crippen molar-refractivity contribution >= 4 is 27.0 Å². The van der Waals surface area contributed by atoms with Crippen LogP contribution in [0.25, 0.3) is 22.4 Å². The fraction of sp³-hybridized carbons (Fsp3) is 0.409. The van der Waals surface area contributed by atoms with Gasteiger partial charge in [0.2, 0.25) is 0 Å². The molecule has 0 spiro atoms. The van der Waals surface area contributed by atoms with Gasteiger partial charge in [-0.1, -0.05) is 26.0 Å². The average molecular weight is 500 g/mol. The van der Waals surface area contributed by atoms with Gasteiger partial charge in [-0.15, -0.1) is 10.2 Å². The van der Waals surface area contributed by atoms with E-state index in [1.165, 1.54) is 0 Å². The summed E-state index contributed by atoms with van der Waals surface area (Å²) < 4.78 is 14.6. The zero-order valence-electron chi connectivity index (χ0n) is 18.4. The molecule has 32 heavy (non-hydrogen) atoms. The molecule has 0 unspecified atom stereocenters. The van der Waals surface area contributed by atoms with E-state index in [0.29, 0.717) is 19.0 Å². The minimum Gasteiger partial charge on any atom is -0.494 e. The van der Waals surface area contributed by atoms with Crippen LogP contribution in [0, 0.1) is 5.41 Å². The Balaban J connectivity index is 1.23. The Labute approximate surface area is 194 Å². The number of tetrazole rings is 1. The number of rotatable bonds is 9. The number of ether oxygens (including phenoxy) is 2. The maximum atomic E-state index is 5.96. The summed E-state index contributed by atoms with van der Waals surface area (Å²) in [6.45, 7) is 8.57. The fourth-order valence-electron chi connectivity index (χ4n) is 3.23. The molecule has 0 aliphatic heterocycles. The number of benzene rings is 2. The molecule has 0 saturated carbocycles. The van der Waals surface area contributed by atoms with Gasteiger partial charge in [0.25, 0.3) is 0 Å². The standard InChI is InChI=1S/C22H26BrN7O2/c1-22(2,3)14-30-17-10-11-18(19(23)20(17)24-29-30)32-13-5-4-12-31-16-8-6-15(7-9-16)21-25-27-28-26-21/h6-11H,4-5,12-14H2,1-3H3,(H,25,26,27,28). The third kappa shape index (κ3) is 5.42. The van der Waals surface area contributed by atoms with Gasteiger partial charge in [-0.3, -0.25) is 0 Å². The van der Waals surface area contributed by atoms with Crippen molar-refractivity contribution in [3.8, 4) is 22.9 Å². The molecule has 0 amide bonds. The van der Waals surface area contributed by atoms with E-state index < -0.39 is 0 Å². The predicted octanol–water partition coefficient (Wildman–Crippen LogP) is 4.66. The topological polar surface area (TPSA) is 104 Å². The van der Waals surface area contributed by atoms with Gasteiger partial charge in [-0.25, -0.2) is 9.78 Å². The quantitative estimate of drug-likeness (QED) is 0.334. The Bertz CT molecular complexity index is 1150. The highest BCUT2D eigenvalue weighted by atomic mass is 79.9. The van der Waals surface area contributed by atoms with Crippen LogP contribution in [0.1, 0.15) is 33.6 Å². The summed E-state index contributed by atoms with van der Waals surface area (Å²) in [5.74, 6) is 2.22. The van der Waals surface area contributed by atoms with E-state index in [4.69, 9.17) is 9.47 Å². The number of nitrogens with one attached hydrogen (secondary N) is 1. The lowest BCUT2D eigenvalue weighted by atomic mass is 9.97. The fourth-order valence-corrected chi connectivity index (χ4v) is 3.76. The number of unbranched alkanes of at least 4 members (excludes halogenated alkanes) is 1. The first-order valence-corrected chi connectivity index (χ1v) is 11.3. The smallest absolute Gasteiger partial charge is 0.179 e. The van der Waals surface area contributed by atoms with Gasteiger partial charge < -0.3 is 9.47 Å². The molecule has 0 aliphatic carbocycles. The van der Waals surface area contributed by atoms with Crippen LogP contribution in [-0.4, -0.2) is 48.8 Å². The molecule has 10 heteroatoms. The molecule has 0 radical (unpaired) electrons. The zero-order chi connectivity index (χ0) is 22.6. The predicted molar refractivity (Wildman–Crippen MR) is 125 cm³/mol. The number of hydrogen-bond donors (Lipinski definition) is 1. The van der Waals surface area contributed by atoms with Crippen molar-refractivity contribution in [2.45, 2.75) is 40.2 Å². The number of hydrogen-bond acceptors (Lipinski definition) is 7. The Morgan fingerprint density at radius 3 is 2.41 bits per heavy atom. The molecule has 2 aromatic carbocycles. The maximum Gasteiger partial charge on any atom is 0.179 e. The molecule has 2 heterocycles. The molecule has 0 bridgehead atoms. The monoisotopic (exact) mass is 499 g/mol. The van der Waals surface area contributed by atoms with E-state index >= 15 is 0 Å². The molecule has 2 aromatic heterocycles. The summed E-state index contributed by atoms with van der Waals surface area (Å²) in [5.41, 5.74) is 2.86. The molecular weight excluding hydrogens is 474 g/mol. The van der Waals surface area contributed by atoms with Crippen LogP contribution in [0.5, 0.6) is 11.5 Å². The molecule has 168 valence electrons. The summed E-state index contributed by atoms with van der Waals surface area (Å²) in [6.07, 6.45) is 1.76. The molecule has 9 nitrogen and oxygen atoms in total. The van der Waals surface area contributed by atoms with Crippen molar-refractivity contribution in [2.75, 3.05) is 13.2 Å². The van der Waals surface area contributed by atoms with Gasteiger partial charge in [-0.2, -0.15) is 0 Å². The molecule has 0 aliphatic rings. The van der Waals surface area contributed by atoms with Crippen molar-refractivity contribution in [1.29, 1.82) is 0 Å². The number of aromatic nitrogens is 7. The lowest BCUT2D eigenvalue weighted by molar-refractivity contribution is 0.266. The normalized spacial score (nSPS) is 11.8. The Hall–Kier alpha value is -3.01. The summed E-state index contributed by atoms with van der Waals surface area (Å²) in [7, 11) is 0. The Morgan fingerprint density at radius 1 is 0.969 bits per heavy atom. The first-order valence-electron chi connectivity index (χ1n) is 10.5. The van der Waals surface area contributed by atoms with Crippen molar-refractivity contribution in [3.05, 3.63) is 40.9 Å². The largest absolute Gasteiger partial charge is 0.494 e. The molecule has 0 saturated heterocycles. The molecule has 0 atom stereocenters. The lowest BCUT2D eigenvalue weighted by Gasteiger charge is -2.18. The van der Waals surface area contributed by atoms with Crippen LogP contribution >= 0.6 is 15.9 Å². The third-order valence-electron chi connectivity index (χ3n) is 4.75. The van der Waals surface area contributed by atoms with Crippen LogP contribution in [0.15, 0.2) is 40.9 Å². The van der Waals surface area contributed by atoms with Crippen LogP contribution in [-0.2, 0) is 6.54 Å². The first-order chi connectivity index (χ1) is 15.4. The highest BCUT2D eigenvalue weighted by Gasteiger charge is 2.17. The molecule has 4 aromatic rings. The van der Waals surface area contributed by atoms with Crippen molar-refractivity contribution in [1.82, 2.24) is 35.6 Å². The summed E-state index contributed by atoms with van der Waals surface area (Å²) >= 11 is 3.63. The highest BCUT2D eigenvalue weighted by Crippen LogP contribution is 2.32. The number of fused-ring (bicyclic) bond motifs is 1. The number of halogens is 1.